The number of fused-ring (bicyclic) bond motifs is 1. The molecule has 3 aromatic carbocycles. The molecule has 0 saturated carbocycles. The molecule has 2 heterocycles. The quantitative estimate of drug-likeness (QED) is 0.213. The number of nitriles is 1. The molecule has 1 unspecified atom stereocenters. The van der Waals surface area contributed by atoms with Gasteiger partial charge in [-0.2, -0.15) is 5.26 Å². The largest absolute Gasteiger partial charge is 0.322 e. The summed E-state index contributed by atoms with van der Waals surface area (Å²) in [6.45, 7) is 4.32. The van der Waals surface area contributed by atoms with Crippen molar-refractivity contribution in [3.05, 3.63) is 111 Å². The van der Waals surface area contributed by atoms with E-state index in [-0.39, 0.29) is 11.8 Å². The van der Waals surface area contributed by atoms with Crippen molar-refractivity contribution in [2.75, 3.05) is 17.2 Å². The molecule has 6 nitrogen and oxygen atoms in total. The Hall–Kier alpha value is -3.61. The van der Waals surface area contributed by atoms with Crippen molar-refractivity contribution in [1.82, 2.24) is 4.90 Å². The minimum atomic E-state index is -0.417. The van der Waals surface area contributed by atoms with Gasteiger partial charge >= 0.3 is 0 Å². The van der Waals surface area contributed by atoms with Crippen LogP contribution in [-0.2, 0) is 24.3 Å². The topological polar surface area (TPSA) is 85.2 Å². The molecule has 1 aromatic heterocycles. The van der Waals surface area contributed by atoms with Gasteiger partial charge in [0.2, 0.25) is 5.91 Å². The smallest absolute Gasteiger partial charge is 0.255 e. The number of halogens is 1. The van der Waals surface area contributed by atoms with Crippen molar-refractivity contribution in [3.8, 4) is 6.07 Å². The van der Waals surface area contributed by atoms with Gasteiger partial charge < -0.3 is 10.6 Å². The number of nitrogens with one attached hydrogen (secondary N) is 2. The highest BCUT2D eigenvalue weighted by Gasteiger charge is 2.26. The third kappa shape index (κ3) is 6.75. The molecular weight excluding hydrogens is 560 g/mol. The van der Waals surface area contributed by atoms with E-state index in [1.165, 1.54) is 28.7 Å². The lowest BCUT2D eigenvalue weighted by molar-refractivity contribution is -0.115. The first-order valence-corrected chi connectivity index (χ1v) is 14.9. The Morgan fingerprint density at radius 1 is 1.07 bits per heavy atom. The highest BCUT2D eigenvalue weighted by molar-refractivity contribution is 8.00. The van der Waals surface area contributed by atoms with E-state index >= 15 is 0 Å². The number of rotatable bonds is 8. The maximum Gasteiger partial charge on any atom is 0.255 e. The zero-order chi connectivity index (χ0) is 28.1. The van der Waals surface area contributed by atoms with Crippen LogP contribution in [0.4, 0.5) is 10.7 Å². The molecule has 9 heteroatoms. The van der Waals surface area contributed by atoms with E-state index in [2.05, 4.69) is 33.7 Å². The molecule has 0 saturated heterocycles. The summed E-state index contributed by atoms with van der Waals surface area (Å²) < 4.78 is 0. The van der Waals surface area contributed by atoms with Crippen molar-refractivity contribution in [2.24, 2.45) is 0 Å². The summed E-state index contributed by atoms with van der Waals surface area (Å²) >= 11 is 8.89. The molecule has 202 valence electrons. The van der Waals surface area contributed by atoms with E-state index in [1.807, 2.05) is 43.3 Å². The monoisotopic (exact) mass is 586 g/mol. The summed E-state index contributed by atoms with van der Waals surface area (Å²) in [4.78, 5) is 30.1. The average molecular weight is 587 g/mol. The van der Waals surface area contributed by atoms with Crippen molar-refractivity contribution >= 4 is 57.2 Å². The van der Waals surface area contributed by atoms with Crippen LogP contribution in [0.15, 0.2) is 83.8 Å². The molecule has 0 aliphatic carbocycles. The SMILES string of the molecule is CC(Sc1cccc(NC(=O)c2cccc(Cl)c2)c1)C(=O)Nc1sc2c(c1C#N)CCN(Cc1ccccc1)C2. The van der Waals surface area contributed by atoms with Crippen LogP contribution in [0.5, 0.6) is 0 Å². The number of amides is 2. The van der Waals surface area contributed by atoms with E-state index in [0.29, 0.717) is 26.8 Å². The fourth-order valence-corrected chi connectivity index (χ4v) is 6.95. The second kappa shape index (κ2) is 12.7. The van der Waals surface area contributed by atoms with Crippen molar-refractivity contribution in [3.63, 3.8) is 0 Å². The van der Waals surface area contributed by atoms with Crippen LogP contribution in [-0.4, -0.2) is 28.5 Å². The molecule has 0 fully saturated rings. The number of nitrogens with zero attached hydrogens (tertiary/aromatic N) is 2. The highest BCUT2D eigenvalue weighted by atomic mass is 35.5. The maximum atomic E-state index is 13.2. The van der Waals surface area contributed by atoms with E-state index in [0.717, 1.165) is 41.4 Å². The van der Waals surface area contributed by atoms with Gasteiger partial charge in [-0.1, -0.05) is 54.1 Å². The summed E-state index contributed by atoms with van der Waals surface area (Å²) in [5.74, 6) is -0.432. The number of hydrogen-bond donors (Lipinski definition) is 2. The minimum absolute atomic E-state index is 0.172. The molecule has 4 aromatic rings. The summed E-state index contributed by atoms with van der Waals surface area (Å²) in [5, 5.41) is 16.5. The number of thiophene rings is 1. The zero-order valence-corrected chi connectivity index (χ0v) is 24.2. The van der Waals surface area contributed by atoms with Crippen LogP contribution in [0.2, 0.25) is 5.02 Å². The minimum Gasteiger partial charge on any atom is -0.322 e. The zero-order valence-electron chi connectivity index (χ0n) is 21.8. The Bertz CT molecular complexity index is 1580. The van der Waals surface area contributed by atoms with Crippen molar-refractivity contribution in [2.45, 2.75) is 36.6 Å². The van der Waals surface area contributed by atoms with E-state index in [1.54, 1.807) is 30.3 Å². The summed E-state index contributed by atoms with van der Waals surface area (Å²) in [7, 11) is 0. The Labute approximate surface area is 247 Å². The molecule has 5 rings (SSSR count). The molecule has 1 atom stereocenters. The van der Waals surface area contributed by atoms with Gasteiger partial charge in [0.25, 0.3) is 5.91 Å². The van der Waals surface area contributed by atoms with Crippen LogP contribution in [0.1, 0.15) is 38.8 Å². The van der Waals surface area contributed by atoms with E-state index < -0.39 is 5.25 Å². The summed E-state index contributed by atoms with van der Waals surface area (Å²) in [6.07, 6.45) is 0.787. The molecule has 2 N–H and O–H groups in total. The van der Waals surface area contributed by atoms with Crippen LogP contribution >= 0.6 is 34.7 Å². The van der Waals surface area contributed by atoms with E-state index in [4.69, 9.17) is 11.6 Å². The second-order valence-electron chi connectivity index (χ2n) is 9.51. The third-order valence-electron chi connectivity index (χ3n) is 6.59. The molecule has 0 bridgehead atoms. The van der Waals surface area contributed by atoms with Gasteiger partial charge in [0.1, 0.15) is 11.1 Å². The first-order valence-electron chi connectivity index (χ1n) is 12.8. The number of anilines is 2. The summed E-state index contributed by atoms with van der Waals surface area (Å²) in [5.41, 5.74) is 3.98. The fraction of sp³-hybridized carbons (Fsp3) is 0.194. The van der Waals surface area contributed by atoms with Crippen LogP contribution in [0.3, 0.4) is 0 Å². The Morgan fingerprint density at radius 3 is 2.65 bits per heavy atom. The Balaban J connectivity index is 1.22. The predicted molar refractivity (Wildman–Crippen MR) is 163 cm³/mol. The predicted octanol–water partition coefficient (Wildman–Crippen LogP) is 7.20. The van der Waals surface area contributed by atoms with Crippen LogP contribution in [0.25, 0.3) is 0 Å². The number of carbonyl (C=O) groups is 2. The van der Waals surface area contributed by atoms with Gasteiger partial charge in [0, 0.05) is 45.7 Å². The number of benzene rings is 3. The van der Waals surface area contributed by atoms with Crippen molar-refractivity contribution < 1.29 is 9.59 Å². The first-order chi connectivity index (χ1) is 19.4. The van der Waals surface area contributed by atoms with Crippen LogP contribution in [0, 0.1) is 11.3 Å². The molecule has 40 heavy (non-hydrogen) atoms. The molecule has 1 aliphatic rings. The molecule has 0 spiro atoms. The molecular formula is C31H27ClN4O2S2. The molecule has 0 radical (unpaired) electrons. The normalized spacial score (nSPS) is 13.6. The van der Waals surface area contributed by atoms with Gasteiger partial charge in [0.15, 0.2) is 0 Å². The fourth-order valence-electron chi connectivity index (χ4n) is 4.59. The lowest BCUT2D eigenvalue weighted by Gasteiger charge is -2.26. The molecule has 1 aliphatic heterocycles. The summed E-state index contributed by atoms with van der Waals surface area (Å²) in [6, 6.07) is 26.8. The third-order valence-corrected chi connectivity index (χ3v) is 9.06. The lowest BCUT2D eigenvalue weighted by atomic mass is 10.0. The maximum absolute atomic E-state index is 13.2. The van der Waals surface area contributed by atoms with Gasteiger partial charge in [-0.05, 0) is 60.9 Å². The average Bonchev–Trinajstić information content (AvgIpc) is 3.29. The molecule has 2 amide bonds. The Morgan fingerprint density at radius 2 is 1.88 bits per heavy atom. The standard InChI is InChI=1S/C31H27ClN4O2S2/c1-20(39-25-12-6-11-24(16-25)34-30(38)22-9-5-10-23(32)15-22)29(37)35-31-27(17-33)26-13-14-36(19-28(26)40-31)18-21-7-3-2-4-8-21/h2-12,15-16,20H,13-14,18-19H2,1H3,(H,34,38)(H,35,37). The van der Waals surface area contributed by atoms with Gasteiger partial charge in [-0.15, -0.1) is 23.1 Å². The number of thioether (sulfide) groups is 1. The number of hydrogen-bond acceptors (Lipinski definition) is 6. The van der Waals surface area contributed by atoms with Crippen LogP contribution < -0.4 is 10.6 Å². The van der Waals surface area contributed by atoms with Gasteiger partial charge in [0.05, 0.1) is 10.8 Å². The first kappa shape index (κ1) is 27.9. The van der Waals surface area contributed by atoms with Crippen molar-refractivity contribution in [1.29, 1.82) is 5.26 Å². The van der Waals surface area contributed by atoms with Gasteiger partial charge in [-0.25, -0.2) is 0 Å². The Kier molecular flexibility index (Phi) is 8.88. The van der Waals surface area contributed by atoms with Gasteiger partial charge in [-0.3, -0.25) is 14.5 Å². The highest BCUT2D eigenvalue weighted by Crippen LogP contribution is 2.37. The lowest BCUT2D eigenvalue weighted by Crippen LogP contribution is -2.29. The number of carbonyl (C=O) groups excluding carboxylic acids is 2. The second-order valence-corrected chi connectivity index (χ2v) is 12.5. The van der Waals surface area contributed by atoms with E-state index in [9.17, 15) is 14.9 Å².